The number of likely N-dealkylation sites (N-methyl/N-ethyl adjacent to an activating group) is 1. The second-order valence-corrected chi connectivity index (χ2v) is 5.48. The Labute approximate surface area is 127 Å². The second kappa shape index (κ2) is 7.94. The lowest BCUT2D eigenvalue weighted by molar-refractivity contribution is 0.554. The Kier molecular flexibility index (Phi) is 5.94. The predicted molar refractivity (Wildman–Crippen MR) is 87.0 cm³/mol. The van der Waals surface area contributed by atoms with E-state index in [0.29, 0.717) is 6.42 Å². The van der Waals surface area contributed by atoms with Crippen LogP contribution in [0.4, 0.5) is 4.39 Å². The lowest BCUT2D eigenvalue weighted by Gasteiger charge is -2.17. The minimum Gasteiger partial charge on any atom is -0.313 e. The summed E-state index contributed by atoms with van der Waals surface area (Å²) in [6.45, 7) is 2.21. The molecular weight excluding hydrogens is 261 g/mol. The van der Waals surface area contributed by atoms with Gasteiger partial charge in [-0.05, 0) is 49.1 Å². The molecule has 1 N–H and O–H groups in total. The predicted octanol–water partition coefficient (Wildman–Crippen LogP) is 4.67. The van der Waals surface area contributed by atoms with Gasteiger partial charge in [0.1, 0.15) is 5.82 Å². The van der Waals surface area contributed by atoms with Crippen LogP contribution in [0.15, 0.2) is 48.5 Å². The number of hydrogen-bond donors (Lipinski definition) is 1. The molecule has 1 unspecified atom stereocenters. The van der Waals surface area contributed by atoms with Gasteiger partial charge in [0, 0.05) is 6.04 Å². The molecule has 1 nitrogen and oxygen atoms in total. The molecular formula is C19H24FN. The first-order chi connectivity index (χ1) is 10.2. The van der Waals surface area contributed by atoms with Gasteiger partial charge in [0.25, 0.3) is 0 Å². The Morgan fingerprint density at radius 1 is 1.05 bits per heavy atom. The van der Waals surface area contributed by atoms with Gasteiger partial charge < -0.3 is 5.32 Å². The molecule has 2 rings (SSSR count). The fourth-order valence-corrected chi connectivity index (χ4v) is 2.57. The molecule has 0 spiro atoms. The van der Waals surface area contributed by atoms with E-state index >= 15 is 0 Å². The van der Waals surface area contributed by atoms with Crippen molar-refractivity contribution in [2.45, 2.75) is 38.6 Å². The molecule has 0 aliphatic heterocycles. The van der Waals surface area contributed by atoms with Crippen LogP contribution in [-0.4, -0.2) is 7.05 Å². The van der Waals surface area contributed by atoms with E-state index in [1.54, 1.807) is 6.07 Å². The van der Waals surface area contributed by atoms with Crippen LogP contribution in [0, 0.1) is 5.82 Å². The van der Waals surface area contributed by atoms with Gasteiger partial charge in [0.2, 0.25) is 0 Å². The number of rotatable bonds is 7. The van der Waals surface area contributed by atoms with Crippen LogP contribution in [-0.2, 0) is 12.8 Å². The first-order valence-electron chi connectivity index (χ1n) is 7.74. The second-order valence-electron chi connectivity index (χ2n) is 5.48. The van der Waals surface area contributed by atoms with E-state index in [2.05, 4.69) is 36.5 Å². The summed E-state index contributed by atoms with van der Waals surface area (Å²) < 4.78 is 13.8. The number of hydrogen-bond acceptors (Lipinski definition) is 1. The van der Waals surface area contributed by atoms with Crippen molar-refractivity contribution >= 4 is 0 Å². The highest BCUT2D eigenvalue weighted by atomic mass is 19.1. The van der Waals surface area contributed by atoms with Crippen molar-refractivity contribution in [2.24, 2.45) is 0 Å². The molecule has 1 atom stereocenters. The number of aryl methyl sites for hydroxylation is 1. The summed E-state index contributed by atoms with van der Waals surface area (Å²) in [6.07, 6.45) is 4.24. The molecule has 0 bridgehead atoms. The lowest BCUT2D eigenvalue weighted by atomic mass is 9.97. The minimum atomic E-state index is -0.127. The van der Waals surface area contributed by atoms with Crippen molar-refractivity contribution in [1.82, 2.24) is 5.32 Å². The average molecular weight is 285 g/mol. The van der Waals surface area contributed by atoms with Crippen molar-refractivity contribution in [2.75, 3.05) is 7.05 Å². The molecule has 2 aromatic rings. The molecule has 0 heterocycles. The van der Waals surface area contributed by atoms with Crippen LogP contribution in [0.1, 0.15) is 42.5 Å². The van der Waals surface area contributed by atoms with E-state index in [1.165, 1.54) is 30.0 Å². The molecule has 0 fully saturated rings. The van der Waals surface area contributed by atoms with Gasteiger partial charge in [-0.2, -0.15) is 0 Å². The molecule has 0 aliphatic carbocycles. The summed E-state index contributed by atoms with van der Waals surface area (Å²) in [5, 5.41) is 3.29. The third-order valence-corrected chi connectivity index (χ3v) is 3.93. The summed E-state index contributed by atoms with van der Waals surface area (Å²) in [5.74, 6) is -0.127. The van der Waals surface area contributed by atoms with E-state index in [-0.39, 0.29) is 11.9 Å². The zero-order valence-corrected chi connectivity index (χ0v) is 12.9. The maximum absolute atomic E-state index is 13.8. The van der Waals surface area contributed by atoms with Crippen molar-refractivity contribution in [1.29, 1.82) is 0 Å². The molecule has 2 heteroatoms. The minimum absolute atomic E-state index is 0.127. The molecule has 0 aromatic heterocycles. The topological polar surface area (TPSA) is 12.0 Å². The van der Waals surface area contributed by atoms with Crippen LogP contribution in [0.3, 0.4) is 0 Å². The molecule has 0 amide bonds. The fourth-order valence-electron chi connectivity index (χ4n) is 2.57. The van der Waals surface area contributed by atoms with E-state index in [0.717, 1.165) is 12.0 Å². The quantitative estimate of drug-likeness (QED) is 0.779. The van der Waals surface area contributed by atoms with Crippen LogP contribution >= 0.6 is 0 Å². The van der Waals surface area contributed by atoms with Gasteiger partial charge >= 0.3 is 0 Å². The zero-order chi connectivity index (χ0) is 15.1. The molecule has 0 saturated carbocycles. The first kappa shape index (κ1) is 15.7. The zero-order valence-electron chi connectivity index (χ0n) is 12.9. The summed E-state index contributed by atoms with van der Waals surface area (Å²) in [6, 6.07) is 15.8. The number of halogens is 1. The van der Waals surface area contributed by atoms with Crippen molar-refractivity contribution in [3.8, 4) is 0 Å². The van der Waals surface area contributed by atoms with Gasteiger partial charge in [-0.15, -0.1) is 0 Å². The number of nitrogens with one attached hydrogen (secondary N) is 1. The summed E-state index contributed by atoms with van der Waals surface area (Å²) in [5.41, 5.74) is 3.34. The molecule has 0 saturated heterocycles. The monoisotopic (exact) mass is 285 g/mol. The SMILES string of the molecule is CCCCc1ccc(C(Cc2ccccc2F)NC)cc1. The van der Waals surface area contributed by atoms with E-state index in [4.69, 9.17) is 0 Å². The summed E-state index contributed by atoms with van der Waals surface area (Å²) in [7, 11) is 1.93. The van der Waals surface area contributed by atoms with E-state index in [9.17, 15) is 4.39 Å². The third-order valence-electron chi connectivity index (χ3n) is 3.93. The van der Waals surface area contributed by atoms with Crippen LogP contribution in [0.25, 0.3) is 0 Å². The first-order valence-corrected chi connectivity index (χ1v) is 7.74. The van der Waals surface area contributed by atoms with Crippen molar-refractivity contribution < 1.29 is 4.39 Å². The molecule has 0 radical (unpaired) electrons. The number of benzene rings is 2. The lowest BCUT2D eigenvalue weighted by Crippen LogP contribution is -2.19. The third kappa shape index (κ3) is 4.40. The van der Waals surface area contributed by atoms with Gasteiger partial charge in [-0.1, -0.05) is 55.8 Å². The van der Waals surface area contributed by atoms with Crippen molar-refractivity contribution in [3.63, 3.8) is 0 Å². The molecule has 2 aromatic carbocycles. The van der Waals surface area contributed by atoms with Gasteiger partial charge in [-0.25, -0.2) is 4.39 Å². The average Bonchev–Trinajstić information content (AvgIpc) is 2.53. The molecule has 21 heavy (non-hydrogen) atoms. The van der Waals surface area contributed by atoms with Gasteiger partial charge in [0.05, 0.1) is 0 Å². The summed E-state index contributed by atoms with van der Waals surface area (Å²) in [4.78, 5) is 0. The Hall–Kier alpha value is -1.67. The van der Waals surface area contributed by atoms with Gasteiger partial charge in [-0.3, -0.25) is 0 Å². The van der Waals surface area contributed by atoms with E-state index < -0.39 is 0 Å². The highest BCUT2D eigenvalue weighted by molar-refractivity contribution is 5.28. The largest absolute Gasteiger partial charge is 0.313 e. The van der Waals surface area contributed by atoms with E-state index in [1.807, 2.05) is 19.2 Å². The van der Waals surface area contributed by atoms with Crippen LogP contribution < -0.4 is 5.32 Å². The van der Waals surface area contributed by atoms with Crippen LogP contribution in [0.2, 0.25) is 0 Å². The highest BCUT2D eigenvalue weighted by Crippen LogP contribution is 2.21. The highest BCUT2D eigenvalue weighted by Gasteiger charge is 2.12. The Bertz CT molecular complexity index is 548. The Morgan fingerprint density at radius 3 is 2.38 bits per heavy atom. The number of unbranched alkanes of at least 4 members (excludes halogenated alkanes) is 1. The van der Waals surface area contributed by atoms with Crippen LogP contribution in [0.5, 0.6) is 0 Å². The Balaban J connectivity index is 2.08. The molecule has 112 valence electrons. The van der Waals surface area contributed by atoms with Gasteiger partial charge in [0.15, 0.2) is 0 Å². The maximum atomic E-state index is 13.8. The Morgan fingerprint density at radius 2 is 1.76 bits per heavy atom. The smallest absolute Gasteiger partial charge is 0.126 e. The summed E-state index contributed by atoms with van der Waals surface area (Å²) >= 11 is 0. The van der Waals surface area contributed by atoms with Crippen molar-refractivity contribution in [3.05, 3.63) is 71.0 Å². The maximum Gasteiger partial charge on any atom is 0.126 e. The molecule has 0 aliphatic rings. The standard InChI is InChI=1S/C19H24FN/c1-3-4-7-15-10-12-16(13-11-15)19(21-2)14-17-8-5-6-9-18(17)20/h5-6,8-13,19,21H,3-4,7,14H2,1-2H3. The fraction of sp³-hybridized carbons (Fsp3) is 0.368. The normalized spacial score (nSPS) is 12.3.